The molecule has 2 aliphatic rings. The molecule has 2 fully saturated rings. The molecule has 0 unspecified atom stereocenters. The average Bonchev–Trinajstić information content (AvgIpc) is 2.93. The molecule has 1 aromatic rings. The van der Waals surface area contributed by atoms with E-state index >= 15 is 0 Å². The highest BCUT2D eigenvalue weighted by Gasteiger charge is 2.41. The van der Waals surface area contributed by atoms with E-state index in [0.717, 1.165) is 31.4 Å². The first-order chi connectivity index (χ1) is 10.7. The van der Waals surface area contributed by atoms with Crippen LogP contribution in [0, 0.1) is 5.82 Å². The number of fused-ring (bicyclic) bond motifs is 1. The van der Waals surface area contributed by atoms with Crippen LogP contribution in [0.15, 0.2) is 24.3 Å². The number of amides is 1. The summed E-state index contributed by atoms with van der Waals surface area (Å²) in [6.07, 6.45) is 3.39. The SMILES string of the molecule is COC[C@@H]1CC[C@H]2[C@H](CCN2C(=O)Cc2ccc(F)cc2)O1. The number of rotatable bonds is 4. The van der Waals surface area contributed by atoms with Gasteiger partial charge in [0.25, 0.3) is 0 Å². The van der Waals surface area contributed by atoms with Gasteiger partial charge in [0.2, 0.25) is 5.91 Å². The van der Waals surface area contributed by atoms with E-state index in [0.29, 0.717) is 13.0 Å². The number of ether oxygens (including phenoxy) is 2. The van der Waals surface area contributed by atoms with E-state index in [9.17, 15) is 9.18 Å². The molecule has 2 aliphatic heterocycles. The number of likely N-dealkylation sites (tertiary alicyclic amines) is 1. The first-order valence-corrected chi connectivity index (χ1v) is 7.85. The highest BCUT2D eigenvalue weighted by Crippen LogP contribution is 2.32. The van der Waals surface area contributed by atoms with E-state index in [2.05, 4.69) is 0 Å². The van der Waals surface area contributed by atoms with Crippen LogP contribution in [-0.4, -0.2) is 49.3 Å². The molecule has 0 saturated carbocycles. The second kappa shape index (κ2) is 6.75. The number of carbonyl (C=O) groups excluding carboxylic acids is 1. The zero-order valence-electron chi connectivity index (χ0n) is 12.8. The monoisotopic (exact) mass is 307 g/mol. The topological polar surface area (TPSA) is 38.8 Å². The van der Waals surface area contributed by atoms with Crippen LogP contribution in [0.1, 0.15) is 24.8 Å². The molecule has 0 spiro atoms. The fraction of sp³-hybridized carbons (Fsp3) is 0.588. The summed E-state index contributed by atoms with van der Waals surface area (Å²) in [6.45, 7) is 1.36. The molecule has 1 aromatic carbocycles. The maximum Gasteiger partial charge on any atom is 0.227 e. The standard InChI is InChI=1S/C17H22FNO3/c1-21-11-14-6-7-15-16(22-14)8-9-19(15)17(20)10-12-2-4-13(18)5-3-12/h2-5,14-16H,6-11H2,1H3/t14-,15-,16-/m0/s1. The van der Waals surface area contributed by atoms with Crippen LogP contribution >= 0.6 is 0 Å². The Kier molecular flexibility index (Phi) is 4.74. The second-order valence-corrected chi connectivity index (χ2v) is 6.08. The van der Waals surface area contributed by atoms with Crippen LogP contribution in [0.4, 0.5) is 4.39 Å². The van der Waals surface area contributed by atoms with Crippen LogP contribution in [0.2, 0.25) is 0 Å². The van der Waals surface area contributed by atoms with E-state index in [1.54, 1.807) is 19.2 Å². The lowest BCUT2D eigenvalue weighted by atomic mass is 9.99. The molecule has 120 valence electrons. The molecule has 0 radical (unpaired) electrons. The summed E-state index contributed by atoms with van der Waals surface area (Å²) >= 11 is 0. The van der Waals surface area contributed by atoms with Crippen molar-refractivity contribution in [2.75, 3.05) is 20.3 Å². The van der Waals surface area contributed by atoms with Crippen molar-refractivity contribution < 1.29 is 18.7 Å². The summed E-state index contributed by atoms with van der Waals surface area (Å²) in [5, 5.41) is 0. The van der Waals surface area contributed by atoms with Crippen molar-refractivity contribution in [3.63, 3.8) is 0 Å². The van der Waals surface area contributed by atoms with Crippen molar-refractivity contribution in [2.45, 2.75) is 43.9 Å². The predicted octanol–water partition coefficient (Wildman–Crippen LogP) is 2.16. The maximum atomic E-state index is 12.9. The summed E-state index contributed by atoms with van der Waals surface area (Å²) in [7, 11) is 1.68. The molecule has 1 amide bonds. The largest absolute Gasteiger partial charge is 0.382 e. The van der Waals surface area contributed by atoms with E-state index in [1.807, 2.05) is 4.90 Å². The summed E-state index contributed by atoms with van der Waals surface area (Å²) in [5.74, 6) is -0.171. The molecule has 4 nitrogen and oxygen atoms in total. The molecule has 5 heteroatoms. The van der Waals surface area contributed by atoms with Crippen molar-refractivity contribution in [1.29, 1.82) is 0 Å². The summed E-state index contributed by atoms with van der Waals surface area (Å²) < 4.78 is 24.1. The Balaban J connectivity index is 1.59. The highest BCUT2D eigenvalue weighted by atomic mass is 19.1. The first kappa shape index (κ1) is 15.4. The molecule has 3 atom stereocenters. The van der Waals surface area contributed by atoms with E-state index in [4.69, 9.17) is 9.47 Å². The van der Waals surface area contributed by atoms with Crippen LogP contribution in [0.25, 0.3) is 0 Å². The van der Waals surface area contributed by atoms with Crippen LogP contribution < -0.4 is 0 Å². The van der Waals surface area contributed by atoms with Gasteiger partial charge in [-0.1, -0.05) is 12.1 Å². The normalized spacial score (nSPS) is 27.7. The number of benzene rings is 1. The number of nitrogens with zero attached hydrogens (tertiary/aromatic N) is 1. The molecular weight excluding hydrogens is 285 g/mol. The Morgan fingerprint density at radius 2 is 2.09 bits per heavy atom. The van der Waals surface area contributed by atoms with Gasteiger partial charge in [0.1, 0.15) is 5.82 Å². The van der Waals surface area contributed by atoms with Crippen molar-refractivity contribution >= 4 is 5.91 Å². The fourth-order valence-electron chi connectivity index (χ4n) is 3.49. The van der Waals surface area contributed by atoms with Crippen LogP contribution in [0.3, 0.4) is 0 Å². The number of carbonyl (C=O) groups is 1. The molecule has 0 aliphatic carbocycles. The molecular formula is C17H22FNO3. The molecule has 2 heterocycles. The van der Waals surface area contributed by atoms with Gasteiger partial charge in [-0.05, 0) is 37.0 Å². The lowest BCUT2D eigenvalue weighted by Gasteiger charge is -2.35. The van der Waals surface area contributed by atoms with Crippen LogP contribution in [0.5, 0.6) is 0 Å². The minimum absolute atomic E-state index is 0.105. The summed E-state index contributed by atoms with van der Waals surface area (Å²) in [5.41, 5.74) is 0.851. The van der Waals surface area contributed by atoms with Gasteiger partial charge in [-0.25, -0.2) is 4.39 Å². The van der Waals surface area contributed by atoms with Gasteiger partial charge in [-0.3, -0.25) is 4.79 Å². The van der Waals surface area contributed by atoms with Crippen molar-refractivity contribution in [2.24, 2.45) is 0 Å². The molecule has 2 saturated heterocycles. The number of methoxy groups -OCH3 is 1. The lowest BCUT2D eigenvalue weighted by Crippen LogP contribution is -2.46. The van der Waals surface area contributed by atoms with Gasteiger partial charge in [-0.15, -0.1) is 0 Å². The Bertz CT molecular complexity index is 519. The quantitative estimate of drug-likeness (QED) is 0.856. The first-order valence-electron chi connectivity index (χ1n) is 7.85. The molecule has 0 aromatic heterocycles. The third kappa shape index (κ3) is 3.31. The average molecular weight is 307 g/mol. The fourth-order valence-corrected chi connectivity index (χ4v) is 3.49. The number of hydrogen-bond donors (Lipinski definition) is 0. The second-order valence-electron chi connectivity index (χ2n) is 6.08. The third-order valence-electron chi connectivity index (χ3n) is 4.58. The van der Waals surface area contributed by atoms with Crippen molar-refractivity contribution in [1.82, 2.24) is 4.90 Å². The van der Waals surface area contributed by atoms with Crippen molar-refractivity contribution in [3.8, 4) is 0 Å². The highest BCUT2D eigenvalue weighted by molar-refractivity contribution is 5.79. The van der Waals surface area contributed by atoms with Crippen LogP contribution in [-0.2, 0) is 20.7 Å². The van der Waals surface area contributed by atoms with E-state index in [-0.39, 0.29) is 30.0 Å². The van der Waals surface area contributed by atoms with Gasteiger partial charge in [0.05, 0.1) is 31.3 Å². The van der Waals surface area contributed by atoms with Gasteiger partial charge < -0.3 is 14.4 Å². The van der Waals surface area contributed by atoms with Gasteiger partial charge in [-0.2, -0.15) is 0 Å². The minimum atomic E-state index is -0.276. The maximum absolute atomic E-state index is 12.9. The smallest absolute Gasteiger partial charge is 0.227 e. The van der Waals surface area contributed by atoms with Gasteiger partial charge >= 0.3 is 0 Å². The van der Waals surface area contributed by atoms with E-state index in [1.165, 1.54) is 12.1 Å². The molecule has 0 N–H and O–H groups in total. The minimum Gasteiger partial charge on any atom is -0.382 e. The predicted molar refractivity (Wildman–Crippen MR) is 80.0 cm³/mol. The summed E-state index contributed by atoms with van der Waals surface area (Å²) in [4.78, 5) is 14.5. The molecule has 3 rings (SSSR count). The van der Waals surface area contributed by atoms with E-state index < -0.39 is 0 Å². The zero-order chi connectivity index (χ0) is 15.5. The summed E-state index contributed by atoms with van der Waals surface area (Å²) in [6, 6.07) is 6.32. The third-order valence-corrected chi connectivity index (χ3v) is 4.58. The molecule has 0 bridgehead atoms. The lowest BCUT2D eigenvalue weighted by molar-refractivity contribution is -0.137. The Labute approximate surface area is 130 Å². The molecule has 22 heavy (non-hydrogen) atoms. The Morgan fingerprint density at radius 1 is 1.32 bits per heavy atom. The van der Waals surface area contributed by atoms with Gasteiger partial charge in [0, 0.05) is 13.7 Å². The Hall–Kier alpha value is -1.46. The van der Waals surface area contributed by atoms with Gasteiger partial charge in [0.15, 0.2) is 0 Å². The number of hydrogen-bond acceptors (Lipinski definition) is 3. The number of halogens is 1. The van der Waals surface area contributed by atoms with Crippen molar-refractivity contribution in [3.05, 3.63) is 35.6 Å². The zero-order valence-corrected chi connectivity index (χ0v) is 12.8. The Morgan fingerprint density at radius 3 is 2.82 bits per heavy atom.